The standard InChI is InChI=1S/C30H37N3O4S/c1-5-24(4)31-30(35)28(6-2)32(21-25-15-13-14-23(3)20-25)29(34)22-33(26-16-9-7-10-17-26)38(36,37)27-18-11-8-12-19-27/h7-20,24,28H,5-6,21-22H2,1-4H3,(H,31,35). The van der Waals surface area contributed by atoms with Gasteiger partial charge in [0.1, 0.15) is 12.6 Å². The zero-order valence-electron chi connectivity index (χ0n) is 22.5. The fraction of sp³-hybridized carbons (Fsp3) is 0.333. The second-order valence-corrected chi connectivity index (χ2v) is 11.3. The number of nitrogens with zero attached hydrogens (tertiary/aromatic N) is 2. The van der Waals surface area contributed by atoms with E-state index in [0.717, 1.165) is 21.9 Å². The Balaban J connectivity index is 2.02. The lowest BCUT2D eigenvalue weighted by molar-refractivity contribution is -0.140. The van der Waals surface area contributed by atoms with Crippen LogP contribution in [0.1, 0.15) is 44.7 Å². The SMILES string of the molecule is CCC(C)NC(=O)C(CC)N(Cc1cccc(C)c1)C(=O)CN(c1ccccc1)S(=O)(=O)c1ccccc1. The van der Waals surface area contributed by atoms with Crippen molar-refractivity contribution in [3.63, 3.8) is 0 Å². The van der Waals surface area contributed by atoms with Crippen molar-refractivity contribution in [3.05, 3.63) is 96.1 Å². The van der Waals surface area contributed by atoms with Gasteiger partial charge in [0.05, 0.1) is 10.6 Å². The molecule has 0 saturated heterocycles. The Hall–Kier alpha value is -3.65. The summed E-state index contributed by atoms with van der Waals surface area (Å²) >= 11 is 0. The summed E-state index contributed by atoms with van der Waals surface area (Å²) in [6, 6.07) is 23.5. The number of benzene rings is 3. The molecule has 7 nitrogen and oxygen atoms in total. The van der Waals surface area contributed by atoms with E-state index < -0.39 is 28.5 Å². The van der Waals surface area contributed by atoms with Crippen LogP contribution in [-0.4, -0.2) is 43.8 Å². The monoisotopic (exact) mass is 535 g/mol. The highest BCUT2D eigenvalue weighted by atomic mass is 32.2. The molecular weight excluding hydrogens is 498 g/mol. The van der Waals surface area contributed by atoms with Crippen LogP contribution in [0.4, 0.5) is 5.69 Å². The molecule has 0 aliphatic heterocycles. The van der Waals surface area contributed by atoms with E-state index in [1.165, 1.54) is 17.0 Å². The molecule has 2 atom stereocenters. The van der Waals surface area contributed by atoms with Gasteiger partial charge in [-0.2, -0.15) is 0 Å². The molecule has 0 heterocycles. The maximum atomic E-state index is 14.0. The van der Waals surface area contributed by atoms with Crippen LogP contribution in [0.5, 0.6) is 0 Å². The van der Waals surface area contributed by atoms with Crippen molar-refractivity contribution in [1.29, 1.82) is 0 Å². The Morgan fingerprint density at radius 3 is 2.08 bits per heavy atom. The van der Waals surface area contributed by atoms with Crippen LogP contribution in [0, 0.1) is 6.92 Å². The summed E-state index contributed by atoms with van der Waals surface area (Å²) in [7, 11) is -4.05. The summed E-state index contributed by atoms with van der Waals surface area (Å²) in [5.41, 5.74) is 2.27. The predicted octanol–water partition coefficient (Wildman–Crippen LogP) is 4.91. The van der Waals surface area contributed by atoms with Crippen molar-refractivity contribution in [1.82, 2.24) is 10.2 Å². The van der Waals surface area contributed by atoms with E-state index in [-0.39, 0.29) is 23.4 Å². The van der Waals surface area contributed by atoms with Crippen LogP contribution in [0.25, 0.3) is 0 Å². The van der Waals surface area contributed by atoms with E-state index in [1.807, 2.05) is 52.0 Å². The van der Waals surface area contributed by atoms with Gasteiger partial charge in [-0.1, -0.05) is 80.1 Å². The Bertz CT molecular complexity index is 1310. The lowest BCUT2D eigenvalue weighted by Gasteiger charge is -2.33. The first kappa shape index (κ1) is 28.9. The van der Waals surface area contributed by atoms with Crippen LogP contribution in [-0.2, 0) is 26.2 Å². The molecule has 0 spiro atoms. The van der Waals surface area contributed by atoms with E-state index in [4.69, 9.17) is 0 Å². The van der Waals surface area contributed by atoms with E-state index >= 15 is 0 Å². The molecule has 3 aromatic carbocycles. The number of aryl methyl sites for hydroxylation is 1. The van der Waals surface area contributed by atoms with Gasteiger partial charge in [-0.3, -0.25) is 13.9 Å². The first-order chi connectivity index (χ1) is 18.2. The second kappa shape index (κ2) is 13.2. The molecule has 1 N–H and O–H groups in total. The van der Waals surface area contributed by atoms with Gasteiger partial charge in [-0.15, -0.1) is 0 Å². The number of hydrogen-bond donors (Lipinski definition) is 1. The quantitative estimate of drug-likeness (QED) is 0.357. The van der Waals surface area contributed by atoms with Crippen molar-refractivity contribution >= 4 is 27.5 Å². The van der Waals surface area contributed by atoms with Gasteiger partial charge < -0.3 is 10.2 Å². The zero-order valence-corrected chi connectivity index (χ0v) is 23.3. The Morgan fingerprint density at radius 1 is 0.868 bits per heavy atom. The van der Waals surface area contributed by atoms with Crippen LogP contribution in [0.3, 0.4) is 0 Å². The van der Waals surface area contributed by atoms with Gasteiger partial charge in [0, 0.05) is 12.6 Å². The fourth-order valence-electron chi connectivity index (χ4n) is 4.21. The van der Waals surface area contributed by atoms with Gasteiger partial charge >= 0.3 is 0 Å². The molecule has 38 heavy (non-hydrogen) atoms. The largest absolute Gasteiger partial charge is 0.352 e. The van der Waals surface area contributed by atoms with E-state index in [9.17, 15) is 18.0 Å². The molecule has 3 rings (SSSR count). The third kappa shape index (κ3) is 7.22. The summed E-state index contributed by atoms with van der Waals surface area (Å²) in [5.74, 6) is -0.707. The molecule has 0 aliphatic carbocycles. The first-order valence-electron chi connectivity index (χ1n) is 13.0. The maximum absolute atomic E-state index is 14.0. The number of para-hydroxylation sites is 1. The maximum Gasteiger partial charge on any atom is 0.264 e. The molecule has 202 valence electrons. The lowest BCUT2D eigenvalue weighted by Crippen LogP contribution is -2.53. The summed E-state index contributed by atoms with van der Waals surface area (Å²) in [4.78, 5) is 28.9. The third-order valence-corrected chi connectivity index (χ3v) is 8.26. The van der Waals surface area contributed by atoms with Crippen LogP contribution < -0.4 is 9.62 Å². The molecule has 2 amide bonds. The Labute approximate surface area is 226 Å². The lowest BCUT2D eigenvalue weighted by atomic mass is 10.1. The number of carbonyl (C=O) groups excluding carboxylic acids is 2. The highest BCUT2D eigenvalue weighted by Crippen LogP contribution is 2.24. The highest BCUT2D eigenvalue weighted by molar-refractivity contribution is 7.92. The first-order valence-corrected chi connectivity index (χ1v) is 14.4. The molecule has 0 aliphatic rings. The summed E-state index contributed by atoms with van der Waals surface area (Å²) in [6.07, 6.45) is 1.14. The number of carbonyl (C=O) groups is 2. The van der Waals surface area contributed by atoms with Crippen molar-refractivity contribution in [2.75, 3.05) is 10.8 Å². The average Bonchev–Trinajstić information content (AvgIpc) is 2.92. The molecule has 0 aromatic heterocycles. The van der Waals surface area contributed by atoms with Crippen molar-refractivity contribution < 1.29 is 18.0 Å². The van der Waals surface area contributed by atoms with Crippen LogP contribution >= 0.6 is 0 Å². The van der Waals surface area contributed by atoms with Crippen LogP contribution in [0.15, 0.2) is 89.8 Å². The fourth-order valence-corrected chi connectivity index (χ4v) is 5.65. The molecule has 3 aromatic rings. The number of hydrogen-bond acceptors (Lipinski definition) is 4. The number of nitrogens with one attached hydrogen (secondary N) is 1. The van der Waals surface area contributed by atoms with E-state index in [0.29, 0.717) is 12.1 Å². The molecule has 0 bridgehead atoms. The number of sulfonamides is 1. The minimum atomic E-state index is -4.05. The minimum absolute atomic E-state index is 0.0493. The summed E-state index contributed by atoms with van der Waals surface area (Å²) in [6.45, 7) is 7.45. The molecule has 8 heteroatoms. The van der Waals surface area contributed by atoms with Gasteiger partial charge in [-0.25, -0.2) is 8.42 Å². The highest BCUT2D eigenvalue weighted by Gasteiger charge is 2.33. The zero-order chi connectivity index (χ0) is 27.7. The van der Waals surface area contributed by atoms with Gasteiger partial charge in [0.2, 0.25) is 11.8 Å². The normalized spacial score (nSPS) is 12.8. The number of rotatable bonds is 12. The van der Waals surface area contributed by atoms with Crippen molar-refractivity contribution in [3.8, 4) is 0 Å². The van der Waals surface area contributed by atoms with Gasteiger partial charge in [0.25, 0.3) is 10.0 Å². The Morgan fingerprint density at radius 2 is 1.50 bits per heavy atom. The molecular formula is C30H37N3O4S. The predicted molar refractivity (Wildman–Crippen MR) is 151 cm³/mol. The molecule has 0 fully saturated rings. The number of amides is 2. The van der Waals surface area contributed by atoms with E-state index in [2.05, 4.69) is 5.32 Å². The topological polar surface area (TPSA) is 86.8 Å². The average molecular weight is 536 g/mol. The van der Waals surface area contributed by atoms with Gasteiger partial charge in [0.15, 0.2) is 0 Å². The molecule has 2 unspecified atom stereocenters. The van der Waals surface area contributed by atoms with Crippen molar-refractivity contribution in [2.45, 2.75) is 64.1 Å². The third-order valence-electron chi connectivity index (χ3n) is 6.48. The second-order valence-electron chi connectivity index (χ2n) is 9.41. The molecule has 0 saturated carbocycles. The summed E-state index contributed by atoms with van der Waals surface area (Å²) < 4.78 is 28.6. The molecule has 0 radical (unpaired) electrons. The number of anilines is 1. The van der Waals surface area contributed by atoms with Crippen molar-refractivity contribution in [2.24, 2.45) is 0 Å². The summed E-state index contributed by atoms with van der Waals surface area (Å²) in [5, 5.41) is 2.99. The van der Waals surface area contributed by atoms with Crippen LogP contribution in [0.2, 0.25) is 0 Å². The van der Waals surface area contributed by atoms with Gasteiger partial charge in [-0.05, 0) is 56.5 Å². The smallest absolute Gasteiger partial charge is 0.264 e. The van der Waals surface area contributed by atoms with E-state index in [1.54, 1.807) is 48.5 Å². The minimum Gasteiger partial charge on any atom is -0.352 e. The Kier molecular flexibility index (Phi) is 10.1.